The maximum Gasteiger partial charge on any atom is 0.534 e. The van der Waals surface area contributed by atoms with Crippen molar-refractivity contribution in [2.24, 2.45) is 5.41 Å². The molecule has 0 radical (unpaired) electrons. The van der Waals surface area contributed by atoms with Crippen LogP contribution in [0.2, 0.25) is 0 Å². The molecular formula is C14H16Br4Cl3O4P. The normalized spacial score (nSPS) is 16.2. The van der Waals surface area contributed by atoms with Gasteiger partial charge in [-0.2, -0.15) is 0 Å². The van der Waals surface area contributed by atoms with E-state index in [4.69, 9.17) is 48.4 Å². The zero-order valence-corrected chi connectivity index (χ0v) is 23.3. The third-order valence-corrected chi connectivity index (χ3v) is 12.2. The van der Waals surface area contributed by atoms with Gasteiger partial charge >= 0.3 is 7.82 Å². The lowest BCUT2D eigenvalue weighted by molar-refractivity contribution is 0.0602. The molecule has 12 heteroatoms. The van der Waals surface area contributed by atoms with Gasteiger partial charge in [0, 0.05) is 11.3 Å². The van der Waals surface area contributed by atoms with Crippen LogP contribution in [-0.2, 0) is 13.6 Å². The van der Waals surface area contributed by atoms with Crippen molar-refractivity contribution < 1.29 is 18.1 Å². The molecule has 1 aromatic rings. The van der Waals surface area contributed by atoms with Gasteiger partial charge in [0.25, 0.3) is 0 Å². The molecule has 150 valence electrons. The van der Waals surface area contributed by atoms with E-state index >= 15 is 0 Å². The van der Waals surface area contributed by atoms with Crippen molar-refractivity contribution >= 4 is 106 Å². The van der Waals surface area contributed by atoms with E-state index < -0.39 is 24.4 Å². The first-order valence-corrected chi connectivity index (χ1v) is 12.9. The third kappa shape index (κ3) is 7.03. The highest BCUT2D eigenvalue weighted by Crippen LogP contribution is 2.65. The molecule has 0 saturated carbocycles. The van der Waals surface area contributed by atoms with Gasteiger partial charge in [0.05, 0.1) is 0 Å². The van der Waals surface area contributed by atoms with Crippen LogP contribution < -0.4 is 4.52 Å². The Balaban J connectivity index is 3.28. The van der Waals surface area contributed by atoms with Crippen LogP contribution in [-0.4, -0.2) is 17.1 Å². The first kappa shape index (κ1) is 26.0. The predicted octanol–water partition coefficient (Wildman–Crippen LogP) is 8.55. The van der Waals surface area contributed by atoms with Crippen LogP contribution in [0.15, 0.2) is 30.3 Å². The first-order valence-electron chi connectivity index (χ1n) is 7.01. The molecule has 0 spiro atoms. The van der Waals surface area contributed by atoms with Crippen LogP contribution in [0.25, 0.3) is 0 Å². The lowest BCUT2D eigenvalue weighted by Crippen LogP contribution is -2.40. The van der Waals surface area contributed by atoms with E-state index in [2.05, 4.69) is 63.7 Å². The van der Waals surface area contributed by atoms with Crippen LogP contribution >= 0.6 is 106 Å². The number of phosphoric ester groups is 1. The summed E-state index contributed by atoms with van der Waals surface area (Å²) in [6.07, 6.45) is 0. The Bertz CT molecular complexity index is 653. The van der Waals surface area contributed by atoms with Crippen molar-refractivity contribution in [3.05, 3.63) is 30.3 Å². The van der Waals surface area contributed by atoms with E-state index in [1.54, 1.807) is 51.1 Å². The fraction of sp³-hybridized carbons (Fsp3) is 0.571. The van der Waals surface area contributed by atoms with Crippen LogP contribution in [0, 0.1) is 5.41 Å². The van der Waals surface area contributed by atoms with Gasteiger partial charge in [-0.3, -0.25) is 0 Å². The summed E-state index contributed by atoms with van der Waals surface area (Å²) in [6.45, 7) is 5.00. The highest BCUT2D eigenvalue weighted by atomic mass is 79.9. The number of phosphoric acid groups is 1. The first-order chi connectivity index (χ1) is 11.6. The van der Waals surface area contributed by atoms with Gasteiger partial charge in [-0.25, -0.2) is 13.6 Å². The summed E-state index contributed by atoms with van der Waals surface area (Å²) in [7, 11) is -4.37. The standard InChI is InChI=1S/C14H16Br4Cl3O4P/c1-11(2,9-19)14(20,21)25-26(22,23-10-7-5-4-6-8-10)24-13(17,18)12(3,15)16/h4-8H,9H2,1-3H3. The summed E-state index contributed by atoms with van der Waals surface area (Å²) >= 11 is 31.8. The van der Waals surface area contributed by atoms with Crippen LogP contribution in [0.1, 0.15) is 20.8 Å². The largest absolute Gasteiger partial charge is 0.534 e. The van der Waals surface area contributed by atoms with E-state index in [1.165, 1.54) is 0 Å². The predicted molar refractivity (Wildman–Crippen MR) is 123 cm³/mol. The smallest absolute Gasteiger partial charge is 0.404 e. The molecule has 0 heterocycles. The molecule has 4 nitrogen and oxygen atoms in total. The van der Waals surface area contributed by atoms with Crippen molar-refractivity contribution in [1.82, 2.24) is 0 Å². The molecule has 0 fully saturated rings. The van der Waals surface area contributed by atoms with Crippen molar-refractivity contribution in [3.8, 4) is 5.75 Å². The highest BCUT2D eigenvalue weighted by molar-refractivity contribution is 9.30. The monoisotopic (exact) mass is 700 g/mol. The minimum absolute atomic E-state index is 0.0354. The summed E-state index contributed by atoms with van der Waals surface area (Å²) in [5.74, 6) is 0.276. The Hall–Kier alpha value is 1.96. The number of benzene rings is 1. The maximum absolute atomic E-state index is 13.4. The van der Waals surface area contributed by atoms with Crippen molar-refractivity contribution in [3.63, 3.8) is 0 Å². The number of alkyl halides is 7. The van der Waals surface area contributed by atoms with Gasteiger partial charge in [-0.05, 0) is 50.9 Å². The van der Waals surface area contributed by atoms with Crippen molar-refractivity contribution in [2.75, 3.05) is 5.88 Å². The summed E-state index contributed by atoms with van der Waals surface area (Å²) in [4.78, 5) is 0. The highest BCUT2D eigenvalue weighted by Gasteiger charge is 2.55. The Morgan fingerprint density at radius 2 is 1.50 bits per heavy atom. The molecule has 1 rings (SSSR count). The fourth-order valence-electron chi connectivity index (χ4n) is 1.23. The molecular weight excluding hydrogens is 689 g/mol. The van der Waals surface area contributed by atoms with Gasteiger partial charge in [-0.15, -0.1) is 11.6 Å². The van der Waals surface area contributed by atoms with Crippen LogP contribution in [0.4, 0.5) is 0 Å². The SMILES string of the molecule is CC(Br)(Br)C(Br)(Br)OP(=O)(Oc1ccccc1)OC(Cl)(Cl)C(C)(C)CCl. The summed E-state index contributed by atoms with van der Waals surface area (Å²) in [6, 6.07) is 8.34. The van der Waals surface area contributed by atoms with Gasteiger partial charge < -0.3 is 4.52 Å². The zero-order valence-electron chi connectivity index (χ0n) is 13.8. The number of halogens is 7. The second-order valence-electron chi connectivity index (χ2n) is 5.97. The molecule has 1 aromatic carbocycles. The minimum Gasteiger partial charge on any atom is -0.404 e. The Morgan fingerprint density at radius 1 is 1.00 bits per heavy atom. The van der Waals surface area contributed by atoms with Crippen LogP contribution in [0.5, 0.6) is 5.75 Å². The molecule has 1 unspecified atom stereocenters. The average Bonchev–Trinajstić information content (AvgIpc) is 2.45. The minimum atomic E-state index is -4.37. The van der Waals surface area contributed by atoms with E-state index in [9.17, 15) is 4.57 Å². The number of rotatable bonds is 9. The topological polar surface area (TPSA) is 44.8 Å². The average molecular weight is 705 g/mol. The molecule has 0 aliphatic heterocycles. The molecule has 1 atom stereocenters. The molecule has 0 amide bonds. The Labute approximate surface area is 202 Å². The summed E-state index contributed by atoms with van der Waals surface area (Å²) in [5.41, 5.74) is -0.968. The van der Waals surface area contributed by atoms with E-state index in [0.29, 0.717) is 0 Å². The molecule has 0 aliphatic rings. The van der Waals surface area contributed by atoms with E-state index in [1.807, 2.05) is 0 Å². The second-order valence-corrected chi connectivity index (χ2v) is 16.5. The number of para-hydroxylation sites is 1. The van der Waals surface area contributed by atoms with Crippen LogP contribution in [0.3, 0.4) is 0 Å². The maximum atomic E-state index is 13.4. The van der Waals surface area contributed by atoms with Gasteiger partial charge in [0.1, 0.15) is 8.98 Å². The van der Waals surface area contributed by atoms with Crippen molar-refractivity contribution in [2.45, 2.75) is 31.9 Å². The molecule has 26 heavy (non-hydrogen) atoms. The van der Waals surface area contributed by atoms with Gasteiger partial charge in [-0.1, -0.05) is 87.1 Å². The van der Waals surface area contributed by atoms with E-state index in [0.717, 1.165) is 0 Å². The zero-order chi connectivity index (χ0) is 20.4. The summed E-state index contributed by atoms with van der Waals surface area (Å²) < 4.78 is 25.7. The van der Waals surface area contributed by atoms with Gasteiger partial charge in [0.2, 0.25) is 7.94 Å². The molecule has 0 N–H and O–H groups in total. The molecule has 0 saturated heterocycles. The quantitative estimate of drug-likeness (QED) is 0.191. The Morgan fingerprint density at radius 3 is 1.92 bits per heavy atom. The third-order valence-electron chi connectivity index (χ3n) is 3.05. The van der Waals surface area contributed by atoms with E-state index in [-0.39, 0.29) is 11.6 Å². The van der Waals surface area contributed by atoms with Gasteiger partial charge in [0.15, 0.2) is 0 Å². The lowest BCUT2D eigenvalue weighted by atomic mass is 9.97. The second kappa shape index (κ2) is 9.40. The molecule has 0 aromatic heterocycles. The Kier molecular flexibility index (Phi) is 9.40. The molecule has 0 bridgehead atoms. The number of hydrogen-bond acceptors (Lipinski definition) is 4. The number of hydrogen-bond donors (Lipinski definition) is 0. The molecule has 0 aliphatic carbocycles. The lowest BCUT2D eigenvalue weighted by Gasteiger charge is -2.39. The fourth-order valence-corrected chi connectivity index (χ4v) is 5.15. The summed E-state index contributed by atoms with van der Waals surface area (Å²) in [5, 5.41) is 0. The van der Waals surface area contributed by atoms with Crippen molar-refractivity contribution in [1.29, 1.82) is 0 Å².